The van der Waals surface area contributed by atoms with E-state index in [1.807, 2.05) is 51.1 Å². The zero-order valence-electron chi connectivity index (χ0n) is 17.0. The molecule has 1 unspecified atom stereocenters. The average molecular weight is 387 g/mol. The van der Waals surface area contributed by atoms with Crippen LogP contribution in [-0.2, 0) is 9.59 Å². The first-order valence-electron chi connectivity index (χ1n) is 9.56. The summed E-state index contributed by atoms with van der Waals surface area (Å²) < 4.78 is 0. The average Bonchev–Trinajstić information content (AvgIpc) is 2.83. The number of aromatic nitrogens is 1. The van der Waals surface area contributed by atoms with Crippen LogP contribution in [0.15, 0.2) is 53.8 Å². The van der Waals surface area contributed by atoms with Crippen LogP contribution in [0.5, 0.6) is 0 Å². The van der Waals surface area contributed by atoms with Crippen molar-refractivity contribution in [3.63, 3.8) is 0 Å². The minimum Gasteiger partial charge on any atom is -0.311 e. The molecule has 5 nitrogen and oxygen atoms in total. The minimum absolute atomic E-state index is 0. The Morgan fingerprint density at radius 2 is 1.97 bits per heavy atom. The number of hydrogen-bond donors (Lipinski definition) is 1. The van der Waals surface area contributed by atoms with E-state index in [1.165, 1.54) is 6.92 Å². The summed E-state index contributed by atoms with van der Waals surface area (Å²) in [5, 5.41) is 14.1. The van der Waals surface area contributed by atoms with Crippen LogP contribution in [0.2, 0.25) is 0 Å². The van der Waals surface area contributed by atoms with E-state index in [4.69, 9.17) is 0 Å². The SMILES string of the molecule is CCC(=O)C1C=C(C)C=C(c2cc3cnc(NC(C)=O)cc3cc2C#N)C(C)=C1.[HH]. The number of hydrogen-bond acceptors (Lipinski definition) is 4. The summed E-state index contributed by atoms with van der Waals surface area (Å²) in [5.74, 6) is 0.177. The van der Waals surface area contributed by atoms with Gasteiger partial charge in [-0.25, -0.2) is 4.98 Å². The molecule has 1 atom stereocenters. The second-order valence-electron chi connectivity index (χ2n) is 7.27. The highest BCUT2D eigenvalue weighted by molar-refractivity contribution is 5.96. The number of anilines is 1. The predicted molar refractivity (Wildman–Crippen MR) is 117 cm³/mol. The molecule has 1 aromatic carbocycles. The van der Waals surface area contributed by atoms with Gasteiger partial charge in [-0.3, -0.25) is 9.59 Å². The number of nitrogens with zero attached hydrogens (tertiary/aromatic N) is 2. The van der Waals surface area contributed by atoms with E-state index in [2.05, 4.69) is 16.4 Å². The van der Waals surface area contributed by atoms with E-state index in [1.54, 1.807) is 12.3 Å². The Bertz CT molecular complexity index is 1150. The van der Waals surface area contributed by atoms with Gasteiger partial charge >= 0.3 is 0 Å². The lowest BCUT2D eigenvalue weighted by molar-refractivity contribution is -0.120. The van der Waals surface area contributed by atoms with Gasteiger partial charge < -0.3 is 5.32 Å². The molecule has 0 saturated heterocycles. The lowest BCUT2D eigenvalue weighted by Crippen LogP contribution is -2.08. The first-order chi connectivity index (χ1) is 13.8. The molecule has 0 bridgehead atoms. The Balaban J connectivity index is 0.00000320. The number of pyridine rings is 1. The van der Waals surface area contributed by atoms with E-state index in [9.17, 15) is 14.9 Å². The van der Waals surface area contributed by atoms with Crippen molar-refractivity contribution in [3.05, 3.63) is 64.9 Å². The van der Waals surface area contributed by atoms with Crippen LogP contribution in [0, 0.1) is 17.2 Å². The fourth-order valence-corrected chi connectivity index (χ4v) is 3.55. The molecule has 1 aliphatic rings. The van der Waals surface area contributed by atoms with Crippen LogP contribution in [-0.4, -0.2) is 16.7 Å². The Morgan fingerprint density at radius 1 is 1.21 bits per heavy atom. The number of amides is 1. The summed E-state index contributed by atoms with van der Waals surface area (Å²) >= 11 is 0. The fourth-order valence-electron chi connectivity index (χ4n) is 3.55. The zero-order chi connectivity index (χ0) is 21.1. The van der Waals surface area contributed by atoms with E-state index < -0.39 is 0 Å². The molecule has 0 aliphatic heterocycles. The summed E-state index contributed by atoms with van der Waals surface area (Å²) in [7, 11) is 0. The summed E-state index contributed by atoms with van der Waals surface area (Å²) in [6.45, 7) is 7.23. The van der Waals surface area contributed by atoms with Gasteiger partial charge in [-0.1, -0.05) is 30.7 Å². The lowest BCUT2D eigenvalue weighted by atomic mass is 9.91. The van der Waals surface area contributed by atoms with Crippen LogP contribution in [0.4, 0.5) is 5.82 Å². The second kappa shape index (κ2) is 8.24. The van der Waals surface area contributed by atoms with Crippen molar-refractivity contribution in [2.75, 3.05) is 5.32 Å². The van der Waals surface area contributed by atoms with Gasteiger partial charge in [0.2, 0.25) is 5.91 Å². The van der Waals surface area contributed by atoms with Gasteiger partial charge in [-0.2, -0.15) is 5.26 Å². The third kappa shape index (κ3) is 4.33. The summed E-state index contributed by atoms with van der Waals surface area (Å²) in [4.78, 5) is 27.8. The monoisotopic (exact) mass is 387 g/mol. The molecule has 1 heterocycles. The van der Waals surface area contributed by atoms with Crippen LogP contribution in [0.3, 0.4) is 0 Å². The van der Waals surface area contributed by atoms with Crippen LogP contribution < -0.4 is 5.32 Å². The van der Waals surface area contributed by atoms with Gasteiger partial charge in [0, 0.05) is 31.9 Å². The minimum atomic E-state index is -0.248. The topological polar surface area (TPSA) is 82.8 Å². The fraction of sp³-hybridized carbons (Fsp3) is 0.250. The van der Waals surface area contributed by atoms with Gasteiger partial charge in [0.05, 0.1) is 17.6 Å². The van der Waals surface area contributed by atoms with Crippen molar-refractivity contribution in [1.82, 2.24) is 4.98 Å². The molecule has 1 aliphatic carbocycles. The second-order valence-corrected chi connectivity index (χ2v) is 7.27. The highest BCUT2D eigenvalue weighted by Crippen LogP contribution is 2.34. The maximum atomic E-state index is 12.3. The van der Waals surface area contributed by atoms with Crippen molar-refractivity contribution in [2.45, 2.75) is 34.1 Å². The smallest absolute Gasteiger partial charge is 0.222 e. The van der Waals surface area contributed by atoms with Gasteiger partial charge in [-0.05, 0) is 48.6 Å². The molecule has 0 spiro atoms. The van der Waals surface area contributed by atoms with E-state index >= 15 is 0 Å². The molecule has 1 aromatic heterocycles. The first-order valence-corrected chi connectivity index (χ1v) is 9.56. The van der Waals surface area contributed by atoms with Crippen molar-refractivity contribution in [2.24, 2.45) is 5.92 Å². The molecule has 0 fully saturated rings. The van der Waals surface area contributed by atoms with Crippen LogP contribution >= 0.6 is 0 Å². The maximum Gasteiger partial charge on any atom is 0.222 e. The largest absolute Gasteiger partial charge is 0.311 e. The van der Waals surface area contributed by atoms with Crippen LogP contribution in [0.25, 0.3) is 16.3 Å². The number of allylic oxidation sites excluding steroid dienone is 6. The molecule has 29 heavy (non-hydrogen) atoms. The summed E-state index contributed by atoms with van der Waals surface area (Å²) in [5.41, 5.74) is 4.21. The van der Waals surface area contributed by atoms with Crippen molar-refractivity contribution >= 4 is 33.9 Å². The van der Waals surface area contributed by atoms with Crippen molar-refractivity contribution in [3.8, 4) is 6.07 Å². The van der Waals surface area contributed by atoms with Gasteiger partial charge in [-0.15, -0.1) is 0 Å². The van der Waals surface area contributed by atoms with Crippen LogP contribution in [0.1, 0.15) is 46.7 Å². The molecular weight excluding hydrogens is 362 g/mol. The van der Waals surface area contributed by atoms with Gasteiger partial charge in [0.1, 0.15) is 11.6 Å². The van der Waals surface area contributed by atoms with E-state index in [0.29, 0.717) is 17.8 Å². The van der Waals surface area contributed by atoms with Gasteiger partial charge in [0.25, 0.3) is 0 Å². The maximum absolute atomic E-state index is 12.3. The zero-order valence-corrected chi connectivity index (χ0v) is 17.0. The molecule has 3 rings (SSSR count). The number of nitriles is 1. The molecule has 5 heteroatoms. The number of nitrogens with one attached hydrogen (secondary N) is 1. The quantitative estimate of drug-likeness (QED) is 0.782. The number of carbonyl (C=O) groups is 2. The molecular formula is C24H25N3O2. The predicted octanol–water partition coefficient (Wildman–Crippen LogP) is 5.20. The van der Waals surface area contributed by atoms with Crippen molar-refractivity contribution in [1.29, 1.82) is 5.26 Å². The van der Waals surface area contributed by atoms with E-state index in [0.717, 1.165) is 33.1 Å². The number of carbonyl (C=O) groups excluding carboxylic acids is 2. The Hall–Kier alpha value is -3.52. The number of rotatable bonds is 4. The standard InChI is InChI=1S/C24H23N3O2.H2/c1-5-23(29)18-6-14(2)7-21(15(3)8-18)22-10-20-13-26-24(27-16(4)28)11-17(20)9-19(22)12-25;/h6-11,13,18H,5H2,1-4H3,(H,26,27,28);1H. The number of ketones is 1. The highest BCUT2D eigenvalue weighted by atomic mass is 16.1. The molecule has 0 radical (unpaired) electrons. The van der Waals surface area contributed by atoms with Crippen molar-refractivity contribution < 1.29 is 11.0 Å². The Morgan fingerprint density at radius 3 is 2.62 bits per heavy atom. The Kier molecular flexibility index (Phi) is 5.74. The third-order valence-electron chi connectivity index (χ3n) is 4.96. The highest BCUT2D eigenvalue weighted by Gasteiger charge is 2.19. The summed E-state index contributed by atoms with van der Waals surface area (Å²) in [6.07, 6.45) is 8.13. The summed E-state index contributed by atoms with van der Waals surface area (Å²) in [6, 6.07) is 7.79. The van der Waals surface area contributed by atoms with E-state index in [-0.39, 0.29) is 19.0 Å². The van der Waals surface area contributed by atoms with Gasteiger partial charge in [0.15, 0.2) is 0 Å². The molecule has 2 aromatic rings. The number of Topliss-reactive ketones (excluding diaryl/α,β-unsaturated/α-hetero) is 1. The Labute approximate surface area is 171 Å². The first kappa shape index (κ1) is 20.2. The number of benzene rings is 1. The normalized spacial score (nSPS) is 16.2. The molecule has 148 valence electrons. The molecule has 1 amide bonds. The third-order valence-corrected chi connectivity index (χ3v) is 4.96. The lowest BCUT2D eigenvalue weighted by Gasteiger charge is -2.13. The number of fused-ring (bicyclic) bond motifs is 1. The molecule has 1 N–H and O–H groups in total. The molecule has 0 saturated carbocycles.